The first kappa shape index (κ1) is 23.1. The topological polar surface area (TPSA) is 64.0 Å². The van der Waals surface area contributed by atoms with E-state index in [1.807, 2.05) is 48.5 Å². The fourth-order valence-electron chi connectivity index (χ4n) is 4.16. The second kappa shape index (κ2) is 9.56. The van der Waals surface area contributed by atoms with Crippen LogP contribution in [0, 0.1) is 0 Å². The number of nitrogens with zero attached hydrogens (tertiary/aromatic N) is 3. The van der Waals surface area contributed by atoms with Gasteiger partial charge in [0.15, 0.2) is 0 Å². The van der Waals surface area contributed by atoms with E-state index in [2.05, 4.69) is 4.98 Å². The lowest BCUT2D eigenvalue weighted by molar-refractivity contribution is 0.0711. The fraction of sp³-hybridized carbons (Fsp3) is 0.148. The van der Waals surface area contributed by atoms with Gasteiger partial charge in [-0.3, -0.25) is 4.79 Å². The number of amides is 1. The number of hydrazone groups is 1. The summed E-state index contributed by atoms with van der Waals surface area (Å²) in [5.41, 5.74) is 3.43. The zero-order valence-electron chi connectivity index (χ0n) is 19.0. The molecular weight excluding hydrogens is 485 g/mol. The molecule has 2 heterocycles. The molecule has 8 heteroatoms. The van der Waals surface area contributed by atoms with Crippen molar-refractivity contribution in [1.29, 1.82) is 0 Å². The van der Waals surface area contributed by atoms with E-state index in [0.717, 1.165) is 27.9 Å². The molecule has 1 amide bonds. The molecule has 0 N–H and O–H groups in total. The third-order valence-corrected chi connectivity index (χ3v) is 6.64. The van der Waals surface area contributed by atoms with Gasteiger partial charge in [0.05, 0.1) is 42.1 Å². The van der Waals surface area contributed by atoms with E-state index < -0.39 is 6.04 Å². The van der Waals surface area contributed by atoms with Crippen LogP contribution in [0.2, 0.25) is 10.2 Å². The van der Waals surface area contributed by atoms with Crippen molar-refractivity contribution in [3.63, 3.8) is 0 Å². The highest BCUT2D eigenvalue weighted by atomic mass is 35.5. The molecule has 1 aliphatic rings. The zero-order valence-corrected chi connectivity index (χ0v) is 20.5. The van der Waals surface area contributed by atoms with Crippen molar-refractivity contribution < 1.29 is 14.3 Å². The SMILES string of the molecule is COc1ccc(C2=NN(C(=O)c3ccccc3Cl)C(c3cc4cc(OC)ccc4nc3Cl)C2)cc1. The summed E-state index contributed by atoms with van der Waals surface area (Å²) in [4.78, 5) is 18.2. The number of halogens is 2. The van der Waals surface area contributed by atoms with Gasteiger partial charge < -0.3 is 9.47 Å². The quantitative estimate of drug-likeness (QED) is 0.288. The standard InChI is InChI=1S/C27H21Cl2N3O3/c1-34-18-9-7-16(8-10-18)24-15-25(32(31-24)27(33)20-5-3-4-6-22(20)28)21-14-17-13-19(35-2)11-12-23(17)30-26(21)29/h3-14,25H,15H2,1-2H3. The van der Waals surface area contributed by atoms with Crippen LogP contribution in [-0.4, -0.2) is 35.8 Å². The number of ether oxygens (including phenoxy) is 2. The Kier molecular flexibility index (Phi) is 6.32. The summed E-state index contributed by atoms with van der Waals surface area (Å²) in [6.45, 7) is 0. The Morgan fingerprint density at radius 1 is 0.943 bits per heavy atom. The molecule has 1 aliphatic heterocycles. The molecule has 3 aromatic carbocycles. The van der Waals surface area contributed by atoms with Gasteiger partial charge >= 0.3 is 0 Å². The zero-order chi connectivity index (χ0) is 24.5. The van der Waals surface area contributed by atoms with Gasteiger partial charge in [-0.15, -0.1) is 0 Å². The largest absolute Gasteiger partial charge is 0.497 e. The number of carbonyl (C=O) groups excluding carboxylic acids is 1. The number of benzene rings is 3. The van der Waals surface area contributed by atoms with Gasteiger partial charge in [0.25, 0.3) is 5.91 Å². The predicted octanol–water partition coefficient (Wildman–Crippen LogP) is 6.55. The average Bonchev–Trinajstić information content (AvgIpc) is 3.33. The van der Waals surface area contributed by atoms with Crippen molar-refractivity contribution in [2.24, 2.45) is 5.10 Å². The Bertz CT molecular complexity index is 1450. The van der Waals surface area contributed by atoms with Crippen LogP contribution >= 0.6 is 23.2 Å². The molecule has 0 bridgehead atoms. The van der Waals surface area contributed by atoms with E-state index in [1.54, 1.807) is 38.5 Å². The Balaban J connectivity index is 1.61. The van der Waals surface area contributed by atoms with Crippen LogP contribution in [0.3, 0.4) is 0 Å². The monoisotopic (exact) mass is 505 g/mol. The van der Waals surface area contributed by atoms with Gasteiger partial charge in [-0.05, 0) is 66.2 Å². The van der Waals surface area contributed by atoms with E-state index in [0.29, 0.717) is 33.5 Å². The van der Waals surface area contributed by atoms with Crippen LogP contribution < -0.4 is 9.47 Å². The minimum Gasteiger partial charge on any atom is -0.497 e. The molecule has 0 radical (unpaired) electrons. The highest BCUT2D eigenvalue weighted by Gasteiger charge is 2.36. The average molecular weight is 506 g/mol. The third kappa shape index (κ3) is 4.43. The molecule has 0 saturated carbocycles. The van der Waals surface area contributed by atoms with Crippen LogP contribution in [0.15, 0.2) is 77.9 Å². The minimum absolute atomic E-state index is 0.314. The van der Waals surface area contributed by atoms with Gasteiger partial charge in [0.1, 0.15) is 16.7 Å². The van der Waals surface area contributed by atoms with Crippen LogP contribution in [-0.2, 0) is 0 Å². The molecule has 0 spiro atoms. The summed E-state index contributed by atoms with van der Waals surface area (Å²) in [6.07, 6.45) is 0.458. The van der Waals surface area contributed by atoms with Crippen molar-refractivity contribution >= 4 is 45.7 Å². The number of methoxy groups -OCH3 is 2. The number of hydrogen-bond donors (Lipinski definition) is 0. The fourth-order valence-corrected chi connectivity index (χ4v) is 4.65. The maximum atomic E-state index is 13.6. The van der Waals surface area contributed by atoms with Crippen molar-refractivity contribution in [1.82, 2.24) is 9.99 Å². The van der Waals surface area contributed by atoms with Gasteiger partial charge in [0.2, 0.25) is 0 Å². The summed E-state index contributed by atoms with van der Waals surface area (Å²) < 4.78 is 10.6. The van der Waals surface area contributed by atoms with E-state index in [9.17, 15) is 4.79 Å². The van der Waals surface area contributed by atoms with Crippen molar-refractivity contribution in [2.45, 2.75) is 12.5 Å². The summed E-state index contributed by atoms with van der Waals surface area (Å²) in [6, 6.07) is 21.5. The number of fused-ring (bicyclic) bond motifs is 1. The number of aromatic nitrogens is 1. The molecule has 5 rings (SSSR count). The normalized spacial score (nSPS) is 15.3. The molecule has 176 valence electrons. The van der Waals surface area contributed by atoms with E-state index in [4.69, 9.17) is 37.8 Å². The summed E-state index contributed by atoms with van der Waals surface area (Å²) in [7, 11) is 3.23. The number of rotatable bonds is 5. The highest BCUT2D eigenvalue weighted by Crippen LogP contribution is 2.39. The Morgan fingerprint density at radius 2 is 1.66 bits per heavy atom. The van der Waals surface area contributed by atoms with Crippen LogP contribution in [0.1, 0.15) is 33.9 Å². The molecule has 35 heavy (non-hydrogen) atoms. The van der Waals surface area contributed by atoms with Crippen molar-refractivity contribution in [3.8, 4) is 11.5 Å². The Morgan fingerprint density at radius 3 is 2.37 bits per heavy atom. The maximum Gasteiger partial charge on any atom is 0.276 e. The number of hydrogen-bond acceptors (Lipinski definition) is 5. The lowest BCUT2D eigenvalue weighted by atomic mass is 9.98. The van der Waals surface area contributed by atoms with Gasteiger partial charge in [-0.2, -0.15) is 5.10 Å². The molecule has 0 saturated heterocycles. The number of pyridine rings is 1. The molecular formula is C27H21Cl2N3O3. The van der Waals surface area contributed by atoms with E-state index >= 15 is 0 Å². The van der Waals surface area contributed by atoms with Crippen LogP contribution in [0.5, 0.6) is 11.5 Å². The highest BCUT2D eigenvalue weighted by molar-refractivity contribution is 6.34. The Labute approximate surface area is 212 Å². The van der Waals surface area contributed by atoms with Gasteiger partial charge in [-0.25, -0.2) is 9.99 Å². The third-order valence-electron chi connectivity index (χ3n) is 6.01. The van der Waals surface area contributed by atoms with Crippen LogP contribution in [0.25, 0.3) is 10.9 Å². The number of carbonyl (C=O) groups is 1. The minimum atomic E-state index is -0.466. The molecule has 6 nitrogen and oxygen atoms in total. The van der Waals surface area contributed by atoms with E-state index in [-0.39, 0.29) is 5.91 Å². The first-order valence-corrected chi connectivity index (χ1v) is 11.7. The van der Waals surface area contributed by atoms with Crippen LogP contribution in [0.4, 0.5) is 0 Å². The first-order chi connectivity index (χ1) is 17.0. The lowest BCUT2D eigenvalue weighted by Crippen LogP contribution is -2.27. The van der Waals surface area contributed by atoms with Crippen molar-refractivity contribution in [2.75, 3.05) is 14.2 Å². The van der Waals surface area contributed by atoms with Crippen molar-refractivity contribution in [3.05, 3.63) is 99.7 Å². The lowest BCUT2D eigenvalue weighted by Gasteiger charge is -2.23. The first-order valence-electron chi connectivity index (χ1n) is 10.9. The maximum absolute atomic E-state index is 13.6. The van der Waals surface area contributed by atoms with E-state index in [1.165, 1.54) is 5.01 Å². The van der Waals surface area contributed by atoms with Gasteiger partial charge in [0, 0.05) is 17.4 Å². The Hall–Kier alpha value is -3.61. The van der Waals surface area contributed by atoms with Gasteiger partial charge in [-0.1, -0.05) is 35.3 Å². The molecule has 1 unspecified atom stereocenters. The molecule has 0 fully saturated rings. The second-order valence-corrected chi connectivity index (χ2v) is 8.82. The molecule has 1 aromatic heterocycles. The summed E-state index contributed by atoms with van der Waals surface area (Å²) in [5.74, 6) is 1.13. The second-order valence-electron chi connectivity index (χ2n) is 8.05. The summed E-state index contributed by atoms with van der Waals surface area (Å²) >= 11 is 13.0. The summed E-state index contributed by atoms with van der Waals surface area (Å²) in [5, 5.41) is 7.72. The molecule has 0 aliphatic carbocycles. The predicted molar refractivity (Wildman–Crippen MR) is 138 cm³/mol. The molecule has 4 aromatic rings. The molecule has 1 atom stereocenters. The smallest absolute Gasteiger partial charge is 0.276 e.